The molecule has 45 heavy (non-hydrogen) atoms. The molecule has 8 nitrogen and oxygen atoms in total. The monoisotopic (exact) mass is 639 g/mol. The predicted molar refractivity (Wildman–Crippen MR) is 178 cm³/mol. The van der Waals surface area contributed by atoms with Gasteiger partial charge in [0, 0.05) is 24.7 Å². The second-order valence-electron chi connectivity index (χ2n) is 13.6. The minimum Gasteiger partial charge on any atom is -0.497 e. The summed E-state index contributed by atoms with van der Waals surface area (Å²) in [7, 11) is -2.15. The number of hydrogen-bond donors (Lipinski definition) is 1. The Labute approximate surface area is 270 Å². The molecule has 3 fully saturated rings. The molecule has 0 bridgehead atoms. The van der Waals surface area contributed by atoms with Crippen molar-refractivity contribution >= 4 is 15.9 Å². The van der Waals surface area contributed by atoms with E-state index in [1.54, 1.807) is 30.5 Å². The Morgan fingerprint density at radius 1 is 0.978 bits per heavy atom. The maximum atomic E-state index is 13.9. The van der Waals surface area contributed by atoms with Gasteiger partial charge in [0.2, 0.25) is 15.9 Å². The van der Waals surface area contributed by atoms with E-state index >= 15 is 0 Å². The zero-order valence-corrected chi connectivity index (χ0v) is 28.5. The largest absolute Gasteiger partial charge is 0.497 e. The van der Waals surface area contributed by atoms with Crippen LogP contribution < -0.4 is 10.1 Å². The molecule has 2 atom stereocenters. The first kappa shape index (κ1) is 33.9. The lowest BCUT2D eigenvalue weighted by Crippen LogP contribution is -2.52. The summed E-state index contributed by atoms with van der Waals surface area (Å²) in [6, 6.07) is 14.1. The molecule has 3 aliphatic rings. The Morgan fingerprint density at radius 2 is 1.62 bits per heavy atom. The van der Waals surface area contributed by atoms with Gasteiger partial charge in [0.1, 0.15) is 11.9 Å². The van der Waals surface area contributed by atoms with Crippen molar-refractivity contribution in [3.05, 3.63) is 59.2 Å². The molecule has 0 radical (unpaired) electrons. The number of methoxy groups -OCH3 is 1. The van der Waals surface area contributed by atoms with E-state index in [2.05, 4.69) is 40.5 Å². The minimum atomic E-state index is -3.73. The normalized spacial score (nSPS) is 25.6. The Bertz CT molecular complexity index is 1360. The molecule has 2 aliphatic heterocycles. The summed E-state index contributed by atoms with van der Waals surface area (Å²) in [5.41, 5.74) is 2.99. The van der Waals surface area contributed by atoms with Crippen molar-refractivity contribution in [2.75, 3.05) is 39.9 Å². The van der Waals surface area contributed by atoms with Crippen molar-refractivity contribution in [3.63, 3.8) is 0 Å². The number of carbonyl (C=O) groups is 1. The third kappa shape index (κ3) is 7.92. The lowest BCUT2D eigenvalue weighted by atomic mass is 9.72. The lowest BCUT2D eigenvalue weighted by Gasteiger charge is -2.47. The molecule has 1 N–H and O–H groups in total. The second kappa shape index (κ2) is 15.0. The molecular formula is C36H53N3O5S. The third-order valence-corrected chi connectivity index (χ3v) is 12.7. The number of piperidine rings is 1. The molecule has 9 heteroatoms. The topological polar surface area (TPSA) is 88.2 Å². The van der Waals surface area contributed by atoms with E-state index in [1.165, 1.54) is 31.5 Å². The fraction of sp³-hybridized carbons (Fsp3) is 0.639. The van der Waals surface area contributed by atoms with Crippen molar-refractivity contribution in [2.24, 2.45) is 5.92 Å². The molecule has 5 rings (SSSR count). The minimum absolute atomic E-state index is 0.122. The SMILES string of the molecule is COc1cc(C)c(S(=O)(=O)N2CCCCC2COC(C)C(=O)NCC2CCC(Cc3ccccc3)(N3CCCC3)CC2)c(C)c1. The first-order valence-corrected chi connectivity index (χ1v) is 18.4. The number of hydrogen-bond acceptors (Lipinski definition) is 6. The smallest absolute Gasteiger partial charge is 0.248 e. The fourth-order valence-electron chi connectivity index (χ4n) is 7.92. The molecule has 1 amide bonds. The van der Waals surface area contributed by atoms with Gasteiger partial charge in [-0.15, -0.1) is 0 Å². The van der Waals surface area contributed by atoms with Crippen LogP contribution in [0, 0.1) is 19.8 Å². The predicted octanol–water partition coefficient (Wildman–Crippen LogP) is 5.64. The average Bonchev–Trinajstić information content (AvgIpc) is 3.59. The summed E-state index contributed by atoms with van der Waals surface area (Å²) in [6.45, 7) is 9.10. The average molecular weight is 640 g/mol. The zero-order valence-electron chi connectivity index (χ0n) is 27.7. The standard InChI is InChI=1S/C36H53N3O5S/c1-27-22-33(43-4)23-28(2)34(27)45(41,42)39-21-9-8-14-32(39)26-44-29(3)35(40)37-25-31-15-17-36(18-16-31,38-19-10-11-20-38)24-30-12-6-5-7-13-30/h5-7,12-13,22-23,29,31-32H,8-11,14-21,24-26H2,1-4H3,(H,37,40). The van der Waals surface area contributed by atoms with Gasteiger partial charge in [0.25, 0.3) is 0 Å². The molecule has 1 aliphatic carbocycles. The number of ether oxygens (including phenoxy) is 2. The van der Waals surface area contributed by atoms with Crippen LogP contribution in [0.4, 0.5) is 0 Å². The highest BCUT2D eigenvalue weighted by Crippen LogP contribution is 2.40. The van der Waals surface area contributed by atoms with Crippen LogP contribution >= 0.6 is 0 Å². The Balaban J connectivity index is 1.13. The van der Waals surface area contributed by atoms with Gasteiger partial charge in [-0.05, 0) is 126 Å². The number of carbonyl (C=O) groups excluding carboxylic acids is 1. The van der Waals surface area contributed by atoms with E-state index in [9.17, 15) is 13.2 Å². The van der Waals surface area contributed by atoms with Gasteiger partial charge in [0.15, 0.2) is 0 Å². The number of nitrogens with zero attached hydrogens (tertiary/aromatic N) is 2. The van der Waals surface area contributed by atoms with E-state index in [1.807, 2.05) is 13.8 Å². The molecule has 2 unspecified atom stereocenters. The summed E-state index contributed by atoms with van der Waals surface area (Å²) in [5.74, 6) is 0.985. The molecule has 2 aromatic rings. The maximum Gasteiger partial charge on any atom is 0.248 e. The number of amides is 1. The molecule has 0 aromatic heterocycles. The van der Waals surface area contributed by atoms with E-state index in [4.69, 9.17) is 9.47 Å². The Kier molecular flexibility index (Phi) is 11.3. The van der Waals surface area contributed by atoms with Crippen LogP contribution in [-0.4, -0.2) is 81.1 Å². The van der Waals surface area contributed by atoms with Crippen LogP contribution in [-0.2, 0) is 26.0 Å². The first-order valence-electron chi connectivity index (χ1n) is 17.0. The van der Waals surface area contributed by atoms with E-state index in [-0.39, 0.29) is 24.1 Å². The number of aryl methyl sites for hydroxylation is 2. The van der Waals surface area contributed by atoms with Crippen LogP contribution in [0.1, 0.15) is 81.4 Å². The van der Waals surface area contributed by atoms with E-state index < -0.39 is 16.1 Å². The van der Waals surface area contributed by atoms with Crippen LogP contribution in [0.5, 0.6) is 5.75 Å². The molecule has 2 heterocycles. The van der Waals surface area contributed by atoms with Gasteiger partial charge in [-0.1, -0.05) is 36.8 Å². The molecule has 0 spiro atoms. The lowest BCUT2D eigenvalue weighted by molar-refractivity contribution is -0.133. The molecular weight excluding hydrogens is 586 g/mol. The van der Waals surface area contributed by atoms with Crippen LogP contribution in [0.2, 0.25) is 0 Å². The molecule has 2 saturated heterocycles. The number of rotatable bonds is 12. The summed E-state index contributed by atoms with van der Waals surface area (Å²) in [5, 5.41) is 3.16. The van der Waals surface area contributed by atoms with Crippen molar-refractivity contribution in [1.82, 2.24) is 14.5 Å². The van der Waals surface area contributed by atoms with Crippen molar-refractivity contribution in [3.8, 4) is 5.75 Å². The van der Waals surface area contributed by atoms with Gasteiger partial charge in [-0.2, -0.15) is 4.31 Å². The number of benzene rings is 2. The molecule has 2 aromatic carbocycles. The quantitative estimate of drug-likeness (QED) is 0.323. The Morgan fingerprint density at radius 3 is 2.27 bits per heavy atom. The first-order chi connectivity index (χ1) is 21.6. The highest BCUT2D eigenvalue weighted by molar-refractivity contribution is 7.89. The van der Waals surface area contributed by atoms with E-state index in [0.29, 0.717) is 47.2 Å². The fourth-order valence-corrected chi connectivity index (χ4v) is 10.0. The molecule has 1 saturated carbocycles. The van der Waals surface area contributed by atoms with E-state index in [0.717, 1.165) is 44.9 Å². The van der Waals surface area contributed by atoms with Gasteiger partial charge < -0.3 is 14.8 Å². The number of nitrogens with one attached hydrogen (secondary N) is 1. The van der Waals surface area contributed by atoms with Crippen LogP contribution in [0.25, 0.3) is 0 Å². The second-order valence-corrected chi connectivity index (χ2v) is 15.4. The Hall–Kier alpha value is -2.46. The maximum absolute atomic E-state index is 13.9. The van der Waals surface area contributed by atoms with Gasteiger partial charge in [0.05, 0.1) is 18.6 Å². The molecule has 248 valence electrons. The van der Waals surface area contributed by atoms with Gasteiger partial charge in [-0.3, -0.25) is 9.69 Å². The summed E-state index contributed by atoms with van der Waals surface area (Å²) in [4.78, 5) is 16.2. The highest BCUT2D eigenvalue weighted by Gasteiger charge is 2.41. The van der Waals surface area contributed by atoms with Crippen molar-refractivity contribution in [2.45, 2.75) is 108 Å². The van der Waals surface area contributed by atoms with Crippen LogP contribution in [0.3, 0.4) is 0 Å². The summed E-state index contributed by atoms with van der Waals surface area (Å²) >= 11 is 0. The van der Waals surface area contributed by atoms with Crippen molar-refractivity contribution in [1.29, 1.82) is 0 Å². The zero-order chi connectivity index (χ0) is 32.0. The highest BCUT2D eigenvalue weighted by atomic mass is 32.2. The van der Waals surface area contributed by atoms with Gasteiger partial charge in [-0.25, -0.2) is 8.42 Å². The van der Waals surface area contributed by atoms with Gasteiger partial charge >= 0.3 is 0 Å². The van der Waals surface area contributed by atoms with Crippen LogP contribution in [0.15, 0.2) is 47.4 Å². The summed E-state index contributed by atoms with van der Waals surface area (Å²) < 4.78 is 40.7. The van der Waals surface area contributed by atoms with Crippen molar-refractivity contribution < 1.29 is 22.7 Å². The third-order valence-electron chi connectivity index (χ3n) is 10.5. The summed E-state index contributed by atoms with van der Waals surface area (Å²) in [6.07, 6.45) is 10.0. The number of likely N-dealkylation sites (tertiary alicyclic amines) is 1. The number of sulfonamides is 1.